The van der Waals surface area contributed by atoms with Crippen LogP contribution in [0.2, 0.25) is 0 Å². The van der Waals surface area contributed by atoms with Crippen molar-refractivity contribution in [1.82, 2.24) is 15.5 Å². The van der Waals surface area contributed by atoms with Gasteiger partial charge < -0.3 is 20.9 Å². The van der Waals surface area contributed by atoms with Gasteiger partial charge in [-0.3, -0.25) is 14.6 Å². The second-order valence-electron chi connectivity index (χ2n) is 4.48. The van der Waals surface area contributed by atoms with Crippen LogP contribution in [0.15, 0.2) is 35.3 Å². The molecule has 22 heavy (non-hydrogen) atoms. The standard InChI is InChI=1S/C14H21N5O2.HI/c1-15-14(17-10-13(21)19(2)3)16-9-12(20)18-11-7-5-4-6-8-11;/h4-8H,9-10H2,1-3H3,(H,18,20)(H2,15,16,17);1H. The maximum absolute atomic E-state index is 11.7. The van der Waals surface area contributed by atoms with Crippen LogP contribution in [0.25, 0.3) is 0 Å². The zero-order chi connectivity index (χ0) is 15.7. The molecule has 0 bridgehead atoms. The molecule has 0 aliphatic rings. The van der Waals surface area contributed by atoms with Crippen LogP contribution >= 0.6 is 24.0 Å². The Kier molecular flexibility index (Phi) is 9.92. The molecular formula is C14H22IN5O2. The first-order valence-corrected chi connectivity index (χ1v) is 6.52. The number of hydrogen-bond donors (Lipinski definition) is 3. The van der Waals surface area contributed by atoms with E-state index >= 15 is 0 Å². The minimum atomic E-state index is -0.192. The molecule has 7 nitrogen and oxygen atoms in total. The van der Waals surface area contributed by atoms with E-state index in [1.54, 1.807) is 33.3 Å². The van der Waals surface area contributed by atoms with Gasteiger partial charge in [-0.1, -0.05) is 18.2 Å². The number of guanidine groups is 1. The molecule has 0 aromatic heterocycles. The fourth-order valence-corrected chi connectivity index (χ4v) is 1.43. The number of rotatable bonds is 5. The third kappa shape index (κ3) is 7.81. The molecule has 0 aliphatic heterocycles. The van der Waals surface area contributed by atoms with Crippen molar-refractivity contribution in [1.29, 1.82) is 0 Å². The fraction of sp³-hybridized carbons (Fsp3) is 0.357. The van der Waals surface area contributed by atoms with E-state index in [1.807, 2.05) is 18.2 Å². The first kappa shape index (κ1) is 20.2. The van der Waals surface area contributed by atoms with Crippen molar-refractivity contribution in [3.63, 3.8) is 0 Å². The van der Waals surface area contributed by atoms with Gasteiger partial charge in [0.05, 0.1) is 13.1 Å². The molecule has 1 rings (SSSR count). The van der Waals surface area contributed by atoms with Gasteiger partial charge in [0.1, 0.15) is 0 Å². The normalized spacial score (nSPS) is 10.2. The zero-order valence-corrected chi connectivity index (χ0v) is 15.3. The largest absolute Gasteiger partial charge is 0.347 e. The molecule has 0 saturated carbocycles. The number of carbonyl (C=O) groups excluding carboxylic acids is 2. The van der Waals surface area contributed by atoms with Gasteiger partial charge in [0.15, 0.2) is 5.96 Å². The molecule has 0 unspecified atom stereocenters. The van der Waals surface area contributed by atoms with Gasteiger partial charge in [-0.15, -0.1) is 24.0 Å². The molecule has 0 spiro atoms. The first-order valence-electron chi connectivity index (χ1n) is 6.52. The van der Waals surface area contributed by atoms with E-state index < -0.39 is 0 Å². The molecule has 0 saturated heterocycles. The lowest BCUT2D eigenvalue weighted by Crippen LogP contribution is -2.45. The van der Waals surface area contributed by atoms with Crippen molar-refractivity contribution >= 4 is 47.4 Å². The van der Waals surface area contributed by atoms with Crippen LogP contribution in [0.5, 0.6) is 0 Å². The van der Waals surface area contributed by atoms with Crippen LogP contribution in [0, 0.1) is 0 Å². The van der Waals surface area contributed by atoms with E-state index in [-0.39, 0.29) is 48.9 Å². The van der Waals surface area contributed by atoms with Crippen LogP contribution in [0.1, 0.15) is 0 Å². The molecule has 0 radical (unpaired) electrons. The minimum absolute atomic E-state index is 0. The predicted octanol–water partition coefficient (Wildman–Crippen LogP) is 0.496. The van der Waals surface area contributed by atoms with E-state index in [1.165, 1.54) is 4.90 Å². The number of amides is 2. The molecule has 0 heterocycles. The molecule has 0 atom stereocenters. The molecule has 0 fully saturated rings. The van der Waals surface area contributed by atoms with Gasteiger partial charge >= 0.3 is 0 Å². The van der Waals surface area contributed by atoms with Crippen LogP contribution < -0.4 is 16.0 Å². The number of benzene rings is 1. The Balaban J connectivity index is 0.00000441. The summed E-state index contributed by atoms with van der Waals surface area (Å²) in [6.45, 7) is 0.178. The van der Waals surface area contributed by atoms with Crippen molar-refractivity contribution in [3.8, 4) is 0 Å². The van der Waals surface area contributed by atoms with Gasteiger partial charge in [0, 0.05) is 26.8 Å². The number of aliphatic imine (C=N–C) groups is 1. The average molecular weight is 419 g/mol. The zero-order valence-electron chi connectivity index (χ0n) is 12.9. The highest BCUT2D eigenvalue weighted by Crippen LogP contribution is 2.03. The summed E-state index contributed by atoms with van der Waals surface area (Å²) in [4.78, 5) is 28.6. The Labute approximate surface area is 147 Å². The predicted molar refractivity (Wildman–Crippen MR) is 98.5 cm³/mol. The number of anilines is 1. The Morgan fingerprint density at radius 3 is 2.23 bits per heavy atom. The van der Waals surface area contributed by atoms with E-state index in [9.17, 15) is 9.59 Å². The van der Waals surface area contributed by atoms with E-state index in [4.69, 9.17) is 0 Å². The molecule has 122 valence electrons. The molecular weight excluding hydrogens is 397 g/mol. The number of halogens is 1. The van der Waals surface area contributed by atoms with E-state index in [0.29, 0.717) is 5.96 Å². The summed E-state index contributed by atoms with van der Waals surface area (Å²) >= 11 is 0. The topological polar surface area (TPSA) is 85.8 Å². The van der Waals surface area contributed by atoms with Gasteiger partial charge in [0.25, 0.3) is 0 Å². The Hall–Kier alpha value is -1.84. The van der Waals surface area contributed by atoms with Crippen LogP contribution in [-0.2, 0) is 9.59 Å². The van der Waals surface area contributed by atoms with Gasteiger partial charge in [-0.2, -0.15) is 0 Å². The Morgan fingerprint density at radius 2 is 1.68 bits per heavy atom. The number of hydrogen-bond acceptors (Lipinski definition) is 3. The van der Waals surface area contributed by atoms with Crippen molar-refractivity contribution in [3.05, 3.63) is 30.3 Å². The van der Waals surface area contributed by atoms with E-state index in [2.05, 4.69) is 20.9 Å². The summed E-state index contributed by atoms with van der Waals surface area (Å²) in [5.41, 5.74) is 0.732. The number of likely N-dealkylation sites (N-methyl/N-ethyl adjacent to an activating group) is 1. The third-order valence-electron chi connectivity index (χ3n) is 2.60. The fourth-order valence-electron chi connectivity index (χ4n) is 1.43. The third-order valence-corrected chi connectivity index (χ3v) is 2.60. The van der Waals surface area contributed by atoms with Crippen molar-refractivity contribution in [2.24, 2.45) is 4.99 Å². The summed E-state index contributed by atoms with van der Waals surface area (Å²) in [6, 6.07) is 9.18. The maximum atomic E-state index is 11.7. The smallest absolute Gasteiger partial charge is 0.243 e. The van der Waals surface area contributed by atoms with Gasteiger partial charge in [0.2, 0.25) is 11.8 Å². The molecule has 1 aromatic carbocycles. The summed E-state index contributed by atoms with van der Waals surface area (Å²) < 4.78 is 0. The summed E-state index contributed by atoms with van der Waals surface area (Å²) in [7, 11) is 4.92. The second-order valence-corrected chi connectivity index (χ2v) is 4.48. The van der Waals surface area contributed by atoms with Crippen LogP contribution in [0.3, 0.4) is 0 Å². The van der Waals surface area contributed by atoms with Crippen molar-refractivity contribution in [2.45, 2.75) is 0 Å². The number of carbonyl (C=O) groups is 2. The molecule has 8 heteroatoms. The maximum Gasteiger partial charge on any atom is 0.243 e. The Morgan fingerprint density at radius 1 is 1.09 bits per heavy atom. The molecule has 1 aromatic rings. The lowest BCUT2D eigenvalue weighted by atomic mass is 10.3. The summed E-state index contributed by atoms with van der Waals surface area (Å²) in [5.74, 6) is 0.128. The summed E-state index contributed by atoms with van der Waals surface area (Å²) in [6.07, 6.45) is 0. The summed E-state index contributed by atoms with van der Waals surface area (Å²) in [5, 5.41) is 8.42. The highest BCUT2D eigenvalue weighted by molar-refractivity contribution is 14.0. The molecule has 2 amide bonds. The molecule has 3 N–H and O–H groups in total. The van der Waals surface area contributed by atoms with Gasteiger partial charge in [-0.25, -0.2) is 0 Å². The number of nitrogens with one attached hydrogen (secondary N) is 3. The average Bonchev–Trinajstić information content (AvgIpc) is 2.48. The number of para-hydroxylation sites is 1. The van der Waals surface area contributed by atoms with Crippen LogP contribution in [-0.4, -0.2) is 56.9 Å². The van der Waals surface area contributed by atoms with Gasteiger partial charge in [-0.05, 0) is 12.1 Å². The van der Waals surface area contributed by atoms with Crippen molar-refractivity contribution < 1.29 is 9.59 Å². The highest BCUT2D eigenvalue weighted by Gasteiger charge is 2.07. The second kappa shape index (κ2) is 10.8. The van der Waals surface area contributed by atoms with E-state index in [0.717, 1.165) is 5.69 Å². The Bertz CT molecular complexity index is 505. The lowest BCUT2D eigenvalue weighted by molar-refractivity contribution is -0.127. The van der Waals surface area contributed by atoms with Crippen molar-refractivity contribution in [2.75, 3.05) is 39.5 Å². The SMILES string of the molecule is CN=C(NCC(=O)Nc1ccccc1)NCC(=O)N(C)C.I. The van der Waals surface area contributed by atoms with Crippen LogP contribution in [0.4, 0.5) is 5.69 Å². The monoisotopic (exact) mass is 419 g/mol. The minimum Gasteiger partial charge on any atom is -0.347 e. The highest BCUT2D eigenvalue weighted by atomic mass is 127. The number of nitrogens with zero attached hydrogens (tertiary/aromatic N) is 2. The lowest BCUT2D eigenvalue weighted by Gasteiger charge is -2.14. The first-order chi connectivity index (χ1) is 10.0. The molecule has 0 aliphatic carbocycles. The quantitative estimate of drug-likeness (QED) is 0.369.